The van der Waals surface area contributed by atoms with Gasteiger partial charge in [0.25, 0.3) is 5.91 Å². The second kappa shape index (κ2) is 7.24. The van der Waals surface area contributed by atoms with Gasteiger partial charge in [0.05, 0.1) is 11.4 Å². The van der Waals surface area contributed by atoms with Crippen molar-refractivity contribution < 1.29 is 4.79 Å². The minimum Gasteiger partial charge on any atom is -0.397 e. The number of likely N-dealkylation sites (tertiary alicyclic amines) is 1. The molecular weight excluding hydrogens is 336 g/mol. The smallest absolute Gasteiger partial charge is 0.255 e. The summed E-state index contributed by atoms with van der Waals surface area (Å²) in [5.74, 6) is -0.149. The predicted molar refractivity (Wildman–Crippen MR) is 111 cm³/mol. The lowest BCUT2D eigenvalue weighted by atomic mass is 10.1. The number of nitrogens with two attached hydrogens (primary N) is 1. The zero-order chi connectivity index (χ0) is 18.9. The van der Waals surface area contributed by atoms with E-state index in [9.17, 15) is 4.79 Å². The second-order valence-electron chi connectivity index (χ2n) is 8.29. The number of nitrogens with zero attached hydrogens (tertiary/aromatic N) is 1. The maximum atomic E-state index is 12.4. The van der Waals surface area contributed by atoms with Gasteiger partial charge in [-0.2, -0.15) is 0 Å². The minimum absolute atomic E-state index is 0.149. The molecule has 0 aromatic heterocycles. The summed E-state index contributed by atoms with van der Waals surface area (Å²) in [6, 6.07) is 15.4. The van der Waals surface area contributed by atoms with E-state index < -0.39 is 0 Å². The molecule has 1 heterocycles. The third-order valence-corrected chi connectivity index (χ3v) is 5.71. The van der Waals surface area contributed by atoms with E-state index in [1.807, 2.05) is 36.4 Å². The largest absolute Gasteiger partial charge is 0.397 e. The number of benzene rings is 2. The first-order valence-electron chi connectivity index (χ1n) is 9.76. The maximum absolute atomic E-state index is 12.4. The number of carbonyl (C=O) groups excluding carboxylic acids is 1. The van der Waals surface area contributed by atoms with Crippen LogP contribution in [0.3, 0.4) is 0 Å². The Morgan fingerprint density at radius 1 is 1.19 bits per heavy atom. The van der Waals surface area contributed by atoms with Gasteiger partial charge in [-0.05, 0) is 61.1 Å². The molecular formula is C22H28N4O. The Kier molecular flexibility index (Phi) is 4.79. The summed E-state index contributed by atoms with van der Waals surface area (Å²) in [4.78, 5) is 15.0. The summed E-state index contributed by atoms with van der Waals surface area (Å²) in [7, 11) is 0. The molecule has 2 aromatic carbocycles. The van der Waals surface area contributed by atoms with E-state index in [0.29, 0.717) is 28.4 Å². The van der Waals surface area contributed by atoms with Crippen molar-refractivity contribution in [1.29, 1.82) is 0 Å². The molecule has 1 amide bonds. The molecule has 0 radical (unpaired) electrons. The number of carbonyl (C=O) groups is 1. The number of hydrogen-bond acceptors (Lipinski definition) is 4. The highest BCUT2D eigenvalue weighted by molar-refractivity contribution is 6.05. The molecule has 5 heteroatoms. The summed E-state index contributed by atoms with van der Waals surface area (Å²) in [6.07, 6.45) is 3.92. The topological polar surface area (TPSA) is 70.4 Å². The quantitative estimate of drug-likeness (QED) is 0.682. The van der Waals surface area contributed by atoms with Crippen LogP contribution < -0.4 is 16.4 Å². The first-order valence-corrected chi connectivity index (χ1v) is 9.76. The fourth-order valence-corrected chi connectivity index (χ4v) is 3.76. The van der Waals surface area contributed by atoms with Crippen LogP contribution in [0.5, 0.6) is 0 Å². The van der Waals surface area contributed by atoms with Crippen molar-refractivity contribution in [3.8, 4) is 0 Å². The standard InChI is InChI=1S/C22H28N4O/c1-22(11-12-22)15-26-13-10-18(14-26)24-17-8-6-16(7-9-17)21(27)25-20-5-3-2-4-19(20)23/h2-9,18,24H,10-15,23H2,1H3,(H,25,27). The fourth-order valence-electron chi connectivity index (χ4n) is 3.76. The summed E-state index contributed by atoms with van der Waals surface area (Å²) in [5, 5.41) is 6.47. The molecule has 142 valence electrons. The lowest BCUT2D eigenvalue weighted by Crippen LogP contribution is -2.30. The number of rotatable bonds is 6. The van der Waals surface area contributed by atoms with Gasteiger partial charge in [0.1, 0.15) is 0 Å². The second-order valence-corrected chi connectivity index (χ2v) is 8.29. The van der Waals surface area contributed by atoms with Gasteiger partial charge in [-0.3, -0.25) is 4.79 Å². The zero-order valence-electron chi connectivity index (χ0n) is 15.9. The van der Waals surface area contributed by atoms with Crippen molar-refractivity contribution in [1.82, 2.24) is 4.90 Å². The Morgan fingerprint density at radius 2 is 1.93 bits per heavy atom. The van der Waals surface area contributed by atoms with Crippen LogP contribution in [0, 0.1) is 5.41 Å². The van der Waals surface area contributed by atoms with Crippen molar-refractivity contribution in [3.05, 3.63) is 54.1 Å². The van der Waals surface area contributed by atoms with Gasteiger partial charge < -0.3 is 21.3 Å². The minimum atomic E-state index is -0.149. The molecule has 2 fully saturated rings. The van der Waals surface area contributed by atoms with Gasteiger partial charge in [0.15, 0.2) is 0 Å². The van der Waals surface area contributed by atoms with Crippen molar-refractivity contribution in [2.45, 2.75) is 32.2 Å². The zero-order valence-corrected chi connectivity index (χ0v) is 15.9. The van der Waals surface area contributed by atoms with E-state index in [-0.39, 0.29) is 5.91 Å². The van der Waals surface area contributed by atoms with Gasteiger partial charge in [-0.1, -0.05) is 19.1 Å². The number of hydrogen-bond donors (Lipinski definition) is 3. The monoisotopic (exact) mass is 364 g/mol. The van der Waals surface area contributed by atoms with E-state index in [0.717, 1.165) is 12.2 Å². The third-order valence-electron chi connectivity index (χ3n) is 5.71. The molecule has 4 rings (SSSR count). The van der Waals surface area contributed by atoms with Gasteiger partial charge in [-0.25, -0.2) is 0 Å². The van der Waals surface area contributed by atoms with Crippen LogP contribution in [0.4, 0.5) is 17.1 Å². The number of anilines is 3. The normalized spacial score (nSPS) is 21.0. The highest BCUT2D eigenvalue weighted by Gasteiger charge is 2.40. The SMILES string of the molecule is CC1(CN2CCC(Nc3ccc(C(=O)Nc4ccccc4N)cc3)C2)CC1. The van der Waals surface area contributed by atoms with Crippen LogP contribution >= 0.6 is 0 Å². The number of amides is 1. The lowest BCUT2D eigenvalue weighted by molar-refractivity contribution is 0.102. The van der Waals surface area contributed by atoms with Gasteiger partial charge in [-0.15, -0.1) is 0 Å². The van der Waals surface area contributed by atoms with Crippen molar-refractivity contribution in [2.24, 2.45) is 5.41 Å². The van der Waals surface area contributed by atoms with E-state index in [1.165, 1.54) is 32.4 Å². The Morgan fingerprint density at radius 3 is 2.63 bits per heavy atom. The summed E-state index contributed by atoms with van der Waals surface area (Å²) >= 11 is 0. The van der Waals surface area contributed by atoms with E-state index >= 15 is 0 Å². The fraction of sp³-hybridized carbons (Fsp3) is 0.409. The van der Waals surface area contributed by atoms with E-state index in [1.54, 1.807) is 12.1 Å². The average molecular weight is 364 g/mol. The Labute approximate surface area is 160 Å². The number of para-hydroxylation sites is 2. The number of nitrogens with one attached hydrogen (secondary N) is 2. The molecule has 2 aliphatic rings. The van der Waals surface area contributed by atoms with Gasteiger partial charge in [0.2, 0.25) is 0 Å². The molecule has 0 bridgehead atoms. The molecule has 2 aromatic rings. The molecule has 1 atom stereocenters. The Balaban J connectivity index is 1.31. The average Bonchev–Trinajstić information content (AvgIpc) is 3.22. The van der Waals surface area contributed by atoms with E-state index in [4.69, 9.17) is 5.73 Å². The van der Waals surface area contributed by atoms with Crippen LogP contribution in [0.25, 0.3) is 0 Å². The Hall–Kier alpha value is -2.53. The molecule has 1 aliphatic heterocycles. The molecule has 1 aliphatic carbocycles. The maximum Gasteiger partial charge on any atom is 0.255 e. The summed E-state index contributed by atoms with van der Waals surface area (Å²) < 4.78 is 0. The van der Waals surface area contributed by atoms with Gasteiger partial charge >= 0.3 is 0 Å². The lowest BCUT2D eigenvalue weighted by Gasteiger charge is -2.20. The molecule has 1 saturated heterocycles. The first-order chi connectivity index (χ1) is 13.0. The van der Waals surface area contributed by atoms with Crippen molar-refractivity contribution in [2.75, 3.05) is 36.0 Å². The first kappa shape index (κ1) is 17.9. The van der Waals surface area contributed by atoms with Crippen LogP contribution in [0.15, 0.2) is 48.5 Å². The third kappa shape index (κ3) is 4.42. The highest BCUT2D eigenvalue weighted by atomic mass is 16.1. The van der Waals surface area contributed by atoms with Gasteiger partial charge in [0, 0.05) is 36.9 Å². The molecule has 27 heavy (non-hydrogen) atoms. The van der Waals surface area contributed by atoms with Crippen LogP contribution in [-0.4, -0.2) is 36.5 Å². The van der Waals surface area contributed by atoms with E-state index in [2.05, 4.69) is 22.5 Å². The molecule has 1 saturated carbocycles. The molecule has 1 unspecified atom stereocenters. The Bertz CT molecular complexity index is 813. The molecule has 0 spiro atoms. The van der Waals surface area contributed by atoms with Crippen LogP contribution in [-0.2, 0) is 0 Å². The predicted octanol–water partition coefficient (Wildman–Crippen LogP) is 3.81. The van der Waals surface area contributed by atoms with Crippen LogP contribution in [0.1, 0.15) is 36.5 Å². The molecule has 4 N–H and O–H groups in total. The molecule has 5 nitrogen and oxygen atoms in total. The van der Waals surface area contributed by atoms with Crippen molar-refractivity contribution in [3.63, 3.8) is 0 Å². The highest BCUT2D eigenvalue weighted by Crippen LogP contribution is 2.45. The summed E-state index contributed by atoms with van der Waals surface area (Å²) in [6.45, 7) is 5.89. The van der Waals surface area contributed by atoms with Crippen molar-refractivity contribution >= 4 is 23.0 Å². The van der Waals surface area contributed by atoms with Crippen LogP contribution in [0.2, 0.25) is 0 Å². The number of nitrogen functional groups attached to an aromatic ring is 1. The summed E-state index contributed by atoms with van der Waals surface area (Å²) in [5.41, 5.74) is 9.35.